The topological polar surface area (TPSA) is 96.4 Å². The van der Waals surface area contributed by atoms with Crippen LogP contribution in [-0.4, -0.2) is 70.9 Å². The van der Waals surface area contributed by atoms with Gasteiger partial charge in [-0.15, -0.1) is 0 Å². The van der Waals surface area contributed by atoms with Gasteiger partial charge in [-0.3, -0.25) is 9.69 Å². The summed E-state index contributed by atoms with van der Waals surface area (Å²) in [5, 5.41) is 9.31. The fourth-order valence-electron chi connectivity index (χ4n) is 4.29. The van der Waals surface area contributed by atoms with Gasteiger partial charge in [-0.2, -0.15) is 0 Å². The lowest BCUT2D eigenvalue weighted by Gasteiger charge is -2.44. The molecule has 2 aromatic rings. The quantitative estimate of drug-likeness (QED) is 0.738. The molecule has 1 aliphatic heterocycles. The fourth-order valence-corrected chi connectivity index (χ4v) is 4.29. The molecule has 8 heteroatoms. The first kappa shape index (κ1) is 22.6. The molecule has 8 nitrogen and oxygen atoms in total. The molecule has 1 aliphatic carbocycles. The lowest BCUT2D eigenvalue weighted by atomic mass is 9.98. The number of hydrogen-bond donors (Lipinski definition) is 1. The highest BCUT2D eigenvalue weighted by atomic mass is 16.6. The van der Waals surface area contributed by atoms with E-state index in [-0.39, 0.29) is 25.6 Å². The number of carbonyl (C=O) groups excluding carboxylic acids is 2. The van der Waals surface area contributed by atoms with Gasteiger partial charge in [-0.25, -0.2) is 9.59 Å². The molecule has 0 aromatic heterocycles. The Bertz CT molecular complexity index is 1030. The van der Waals surface area contributed by atoms with Crippen molar-refractivity contribution >= 4 is 18.2 Å². The number of carboxylic acids is 1. The number of carboxylic acid groups (broad SMARTS) is 1. The van der Waals surface area contributed by atoms with Gasteiger partial charge in [0.2, 0.25) is 0 Å². The highest BCUT2D eigenvalue weighted by Crippen LogP contribution is 2.44. The zero-order valence-corrected chi connectivity index (χ0v) is 19.0. The molecule has 4 rings (SSSR count). The average molecular weight is 453 g/mol. The summed E-state index contributed by atoms with van der Waals surface area (Å²) in [7, 11) is 0. The number of benzene rings is 2. The minimum atomic E-state index is -1.14. The Balaban J connectivity index is 1.42. The summed E-state index contributed by atoms with van der Waals surface area (Å²) in [6, 6.07) is 15.6. The van der Waals surface area contributed by atoms with Gasteiger partial charge in [-0.05, 0) is 43.0 Å². The van der Waals surface area contributed by atoms with Crippen LogP contribution in [0.5, 0.6) is 0 Å². The van der Waals surface area contributed by atoms with Crippen LogP contribution in [0.3, 0.4) is 0 Å². The molecule has 0 unspecified atom stereocenters. The first-order valence-electron chi connectivity index (χ1n) is 11.0. The van der Waals surface area contributed by atoms with Crippen molar-refractivity contribution in [1.82, 2.24) is 9.80 Å². The molecule has 2 amide bonds. The van der Waals surface area contributed by atoms with Crippen LogP contribution in [0.15, 0.2) is 48.5 Å². The standard InChI is InChI=1S/C25H28N2O6/c1-25(2,3)33-23(30)26-12-16(13-26)27(14-22(28)29)24(31)32-15-21-19-10-6-4-8-17(19)18-9-5-7-11-20(18)21/h4-11,16,21H,12-15H2,1-3H3,(H,28,29). The van der Waals surface area contributed by atoms with Crippen LogP contribution >= 0.6 is 0 Å². The van der Waals surface area contributed by atoms with E-state index < -0.39 is 36.3 Å². The molecule has 0 bridgehead atoms. The molecule has 174 valence electrons. The molecule has 1 fully saturated rings. The number of aliphatic carboxylic acids is 1. The Hall–Kier alpha value is -3.55. The van der Waals surface area contributed by atoms with E-state index in [2.05, 4.69) is 0 Å². The largest absolute Gasteiger partial charge is 0.480 e. The molecule has 33 heavy (non-hydrogen) atoms. The van der Waals surface area contributed by atoms with Crippen LogP contribution in [0, 0.1) is 0 Å². The smallest absolute Gasteiger partial charge is 0.410 e. The normalized spacial score (nSPS) is 15.3. The monoisotopic (exact) mass is 452 g/mol. The highest BCUT2D eigenvalue weighted by Gasteiger charge is 2.41. The van der Waals surface area contributed by atoms with E-state index in [9.17, 15) is 19.5 Å². The Morgan fingerprint density at radius 1 is 1.00 bits per heavy atom. The lowest BCUT2D eigenvalue weighted by Crippen LogP contribution is -2.63. The number of rotatable bonds is 5. The summed E-state index contributed by atoms with van der Waals surface area (Å²) < 4.78 is 11.0. The summed E-state index contributed by atoms with van der Waals surface area (Å²) in [6.45, 7) is 5.33. The Labute approximate surface area is 192 Å². The van der Waals surface area contributed by atoms with Crippen molar-refractivity contribution in [2.75, 3.05) is 26.2 Å². The summed E-state index contributed by atoms with van der Waals surface area (Å²) >= 11 is 0. The predicted molar refractivity (Wildman–Crippen MR) is 121 cm³/mol. The van der Waals surface area contributed by atoms with Gasteiger partial charge in [0.25, 0.3) is 0 Å². The van der Waals surface area contributed by atoms with Crippen molar-refractivity contribution < 1.29 is 29.0 Å². The maximum atomic E-state index is 12.9. The predicted octanol–water partition coefficient (Wildman–Crippen LogP) is 3.94. The zero-order chi connectivity index (χ0) is 23.8. The molecular weight excluding hydrogens is 424 g/mol. The minimum absolute atomic E-state index is 0.103. The first-order valence-corrected chi connectivity index (χ1v) is 11.0. The first-order chi connectivity index (χ1) is 15.6. The van der Waals surface area contributed by atoms with E-state index in [1.165, 1.54) is 9.80 Å². The van der Waals surface area contributed by atoms with Gasteiger partial charge in [0, 0.05) is 19.0 Å². The lowest BCUT2D eigenvalue weighted by molar-refractivity contribution is -0.139. The Morgan fingerprint density at radius 3 is 2.06 bits per heavy atom. The van der Waals surface area contributed by atoms with Gasteiger partial charge >= 0.3 is 18.2 Å². The second-order valence-electron chi connectivity index (χ2n) is 9.36. The maximum absolute atomic E-state index is 12.9. The molecule has 0 spiro atoms. The van der Waals surface area contributed by atoms with Crippen molar-refractivity contribution in [2.24, 2.45) is 0 Å². The van der Waals surface area contributed by atoms with Crippen LogP contribution in [0.1, 0.15) is 37.8 Å². The maximum Gasteiger partial charge on any atom is 0.410 e. The third-order valence-corrected chi connectivity index (χ3v) is 5.83. The second kappa shape index (κ2) is 8.77. The summed E-state index contributed by atoms with van der Waals surface area (Å²) in [5.74, 6) is -1.26. The van der Waals surface area contributed by atoms with E-state index in [1.54, 1.807) is 20.8 Å². The van der Waals surface area contributed by atoms with E-state index in [1.807, 2.05) is 48.5 Å². The van der Waals surface area contributed by atoms with Gasteiger partial charge in [-0.1, -0.05) is 48.5 Å². The van der Waals surface area contributed by atoms with E-state index >= 15 is 0 Å². The van der Waals surface area contributed by atoms with Gasteiger partial charge in [0.05, 0.1) is 6.04 Å². The molecule has 2 aliphatic rings. The number of amides is 2. The SMILES string of the molecule is CC(C)(C)OC(=O)N1CC(N(CC(=O)O)C(=O)OCC2c3ccccc3-c3ccccc32)C1. The number of fused-ring (bicyclic) bond motifs is 3. The number of carbonyl (C=O) groups is 3. The molecule has 0 atom stereocenters. The molecule has 2 aromatic carbocycles. The Kier molecular flexibility index (Phi) is 6.01. The number of nitrogens with zero attached hydrogens (tertiary/aromatic N) is 2. The average Bonchev–Trinajstić information content (AvgIpc) is 3.02. The number of likely N-dealkylation sites (tertiary alicyclic amines) is 1. The summed E-state index contributed by atoms with van der Waals surface area (Å²) in [6.07, 6.45) is -1.19. The Morgan fingerprint density at radius 2 is 1.55 bits per heavy atom. The minimum Gasteiger partial charge on any atom is -0.480 e. The summed E-state index contributed by atoms with van der Waals surface area (Å²) in [5.41, 5.74) is 3.76. The third kappa shape index (κ3) is 4.79. The van der Waals surface area contributed by atoms with E-state index in [4.69, 9.17) is 9.47 Å². The van der Waals surface area contributed by atoms with Gasteiger partial charge in [0.15, 0.2) is 0 Å². The zero-order valence-electron chi connectivity index (χ0n) is 19.0. The fraction of sp³-hybridized carbons (Fsp3) is 0.400. The van der Waals surface area contributed by atoms with Crippen LogP contribution in [0.2, 0.25) is 0 Å². The van der Waals surface area contributed by atoms with Crippen molar-refractivity contribution in [3.8, 4) is 11.1 Å². The van der Waals surface area contributed by atoms with E-state index in [0.717, 1.165) is 22.3 Å². The van der Waals surface area contributed by atoms with Crippen LogP contribution in [0.25, 0.3) is 11.1 Å². The molecule has 1 heterocycles. The van der Waals surface area contributed by atoms with Gasteiger partial charge in [0.1, 0.15) is 18.8 Å². The van der Waals surface area contributed by atoms with E-state index in [0.29, 0.717) is 0 Å². The molecule has 0 saturated carbocycles. The van der Waals surface area contributed by atoms with Crippen molar-refractivity contribution in [1.29, 1.82) is 0 Å². The van der Waals surface area contributed by atoms with Crippen LogP contribution in [-0.2, 0) is 14.3 Å². The highest BCUT2D eigenvalue weighted by molar-refractivity contribution is 5.80. The van der Waals surface area contributed by atoms with Crippen molar-refractivity contribution in [3.63, 3.8) is 0 Å². The van der Waals surface area contributed by atoms with Crippen LogP contribution in [0.4, 0.5) is 9.59 Å². The molecule has 0 radical (unpaired) electrons. The van der Waals surface area contributed by atoms with Crippen LogP contribution < -0.4 is 0 Å². The van der Waals surface area contributed by atoms with Crippen molar-refractivity contribution in [3.05, 3.63) is 59.7 Å². The third-order valence-electron chi connectivity index (χ3n) is 5.83. The molecular formula is C25H28N2O6. The van der Waals surface area contributed by atoms with Gasteiger partial charge < -0.3 is 19.5 Å². The summed E-state index contributed by atoms with van der Waals surface area (Å²) in [4.78, 5) is 39.1. The number of ether oxygens (including phenoxy) is 2. The van der Waals surface area contributed by atoms with Crippen molar-refractivity contribution in [2.45, 2.75) is 38.3 Å². The molecule has 1 saturated heterocycles. The molecule has 1 N–H and O–H groups in total. The second-order valence-corrected chi connectivity index (χ2v) is 9.36. The number of hydrogen-bond acceptors (Lipinski definition) is 5.